The Morgan fingerprint density at radius 2 is 2.33 bits per heavy atom. The third-order valence-corrected chi connectivity index (χ3v) is 1.65. The minimum absolute atomic E-state index is 0.404. The first kappa shape index (κ1) is 9.48. The quantitative estimate of drug-likeness (QED) is 0.462. The van der Waals surface area contributed by atoms with Crippen molar-refractivity contribution in [2.45, 2.75) is 19.9 Å². The van der Waals surface area contributed by atoms with Crippen molar-refractivity contribution in [3.8, 4) is 0 Å². The van der Waals surface area contributed by atoms with Gasteiger partial charge in [0, 0.05) is 19.6 Å². The average Bonchev–Trinajstić information content (AvgIpc) is 2.05. The van der Waals surface area contributed by atoms with Gasteiger partial charge in [0.2, 0.25) is 0 Å². The Morgan fingerprint density at radius 1 is 1.50 bits per heavy atom. The Morgan fingerprint density at radius 3 is 2.92 bits per heavy atom. The molecule has 4 heteroatoms. The number of nitrogens with one attached hydrogen (secondary N) is 2. The van der Waals surface area contributed by atoms with Gasteiger partial charge in [0.25, 0.3) is 0 Å². The first-order chi connectivity index (χ1) is 5.79. The minimum atomic E-state index is 0.404. The van der Waals surface area contributed by atoms with Gasteiger partial charge in [-0.3, -0.25) is 0 Å². The van der Waals surface area contributed by atoms with E-state index in [-0.39, 0.29) is 0 Å². The van der Waals surface area contributed by atoms with Gasteiger partial charge in [-0.15, -0.1) is 0 Å². The molecule has 1 aliphatic rings. The summed E-state index contributed by atoms with van der Waals surface area (Å²) in [5.74, 6) is 0. The second-order valence-electron chi connectivity index (χ2n) is 3.19. The van der Waals surface area contributed by atoms with Crippen LogP contribution in [0.25, 0.3) is 0 Å². The van der Waals surface area contributed by atoms with Crippen molar-refractivity contribution in [1.82, 2.24) is 10.6 Å². The molecule has 0 spiro atoms. The second kappa shape index (κ2) is 5.11. The van der Waals surface area contributed by atoms with Crippen LogP contribution >= 0.6 is 0 Å². The highest BCUT2D eigenvalue weighted by Crippen LogP contribution is 1.89. The van der Waals surface area contributed by atoms with E-state index >= 15 is 0 Å². The molecule has 70 valence electrons. The van der Waals surface area contributed by atoms with Gasteiger partial charge >= 0.3 is 0 Å². The molecule has 1 heterocycles. The zero-order valence-corrected chi connectivity index (χ0v) is 7.76. The highest BCUT2D eigenvalue weighted by atomic mass is 16.6. The van der Waals surface area contributed by atoms with Crippen molar-refractivity contribution in [3.63, 3.8) is 0 Å². The minimum Gasteiger partial charge on any atom is -0.394 e. The van der Waals surface area contributed by atoms with Crippen molar-refractivity contribution in [2.75, 3.05) is 26.2 Å². The number of nitrogens with zero attached hydrogens (tertiary/aromatic N) is 1. The molecule has 2 N–H and O–H groups in total. The predicted octanol–water partition coefficient (Wildman–Crippen LogP) is -0.0398. The zero-order valence-electron chi connectivity index (χ0n) is 7.76. The van der Waals surface area contributed by atoms with E-state index in [1.807, 2.05) is 13.8 Å². The van der Waals surface area contributed by atoms with E-state index in [1.54, 1.807) is 0 Å². The molecule has 1 rings (SSSR count). The second-order valence-corrected chi connectivity index (χ2v) is 3.19. The Hall–Kier alpha value is -0.610. The lowest BCUT2D eigenvalue weighted by Gasteiger charge is -2.23. The molecule has 0 aromatic heterocycles. The number of hydrogen-bond acceptors (Lipinski definition) is 4. The fourth-order valence-corrected chi connectivity index (χ4v) is 1.09. The van der Waals surface area contributed by atoms with E-state index in [1.165, 1.54) is 0 Å². The molecule has 1 saturated heterocycles. The van der Waals surface area contributed by atoms with E-state index in [2.05, 4.69) is 15.8 Å². The maximum atomic E-state index is 5.12. The largest absolute Gasteiger partial charge is 0.394 e. The lowest BCUT2D eigenvalue weighted by molar-refractivity contribution is 0.114. The Kier molecular flexibility index (Phi) is 4.04. The van der Waals surface area contributed by atoms with Crippen molar-refractivity contribution < 1.29 is 4.84 Å². The maximum absolute atomic E-state index is 5.12. The number of oxime groups is 1. The Bertz CT molecular complexity index is 148. The van der Waals surface area contributed by atoms with Crippen LogP contribution in [0.5, 0.6) is 0 Å². The summed E-state index contributed by atoms with van der Waals surface area (Å²) in [5.41, 5.74) is 0.957. The van der Waals surface area contributed by atoms with Gasteiger partial charge in [-0.1, -0.05) is 5.16 Å². The summed E-state index contributed by atoms with van der Waals surface area (Å²) in [6.07, 6.45) is 0. The van der Waals surface area contributed by atoms with Gasteiger partial charge in [-0.25, -0.2) is 0 Å². The lowest BCUT2D eigenvalue weighted by Crippen LogP contribution is -2.50. The molecule has 0 aliphatic carbocycles. The van der Waals surface area contributed by atoms with Crippen molar-refractivity contribution in [3.05, 3.63) is 0 Å². The van der Waals surface area contributed by atoms with Crippen molar-refractivity contribution in [1.29, 1.82) is 0 Å². The molecule has 0 aromatic rings. The van der Waals surface area contributed by atoms with E-state index < -0.39 is 0 Å². The number of piperazine rings is 1. The van der Waals surface area contributed by atoms with Gasteiger partial charge in [-0.2, -0.15) is 0 Å². The molecule has 1 fully saturated rings. The summed E-state index contributed by atoms with van der Waals surface area (Å²) < 4.78 is 0. The van der Waals surface area contributed by atoms with Gasteiger partial charge < -0.3 is 15.5 Å². The predicted molar refractivity (Wildman–Crippen MR) is 49.4 cm³/mol. The summed E-state index contributed by atoms with van der Waals surface area (Å²) in [5, 5.41) is 10.5. The smallest absolute Gasteiger partial charge is 0.133 e. The van der Waals surface area contributed by atoms with E-state index in [0.29, 0.717) is 12.6 Å². The summed E-state index contributed by atoms with van der Waals surface area (Å²) in [6, 6.07) is 0.404. The molecule has 12 heavy (non-hydrogen) atoms. The maximum Gasteiger partial charge on any atom is 0.133 e. The van der Waals surface area contributed by atoms with Crippen LogP contribution in [0.1, 0.15) is 13.8 Å². The van der Waals surface area contributed by atoms with Crippen LogP contribution in [0.2, 0.25) is 0 Å². The van der Waals surface area contributed by atoms with Crippen molar-refractivity contribution in [2.24, 2.45) is 5.16 Å². The molecule has 4 nitrogen and oxygen atoms in total. The molecule has 1 aliphatic heterocycles. The molecule has 0 radical (unpaired) electrons. The molecule has 0 unspecified atom stereocenters. The molecule has 0 bridgehead atoms. The fourth-order valence-electron chi connectivity index (χ4n) is 1.09. The molecule has 1 atom stereocenters. The first-order valence-electron chi connectivity index (χ1n) is 4.36. The van der Waals surface area contributed by atoms with Gasteiger partial charge in [-0.05, 0) is 13.8 Å². The standard InChI is InChI=1S/C8H17N3O/c1-7(2)11-12-6-8-5-9-3-4-10-8/h8-10H,3-6H2,1-2H3/t8-/m1/s1. The van der Waals surface area contributed by atoms with Crippen LogP contribution in [-0.2, 0) is 4.84 Å². The zero-order chi connectivity index (χ0) is 8.81. The molecular formula is C8H17N3O. The topological polar surface area (TPSA) is 45.6 Å². The molecule has 0 amide bonds. The van der Waals surface area contributed by atoms with Crippen LogP contribution in [0.15, 0.2) is 5.16 Å². The van der Waals surface area contributed by atoms with E-state index in [0.717, 1.165) is 25.3 Å². The van der Waals surface area contributed by atoms with E-state index in [9.17, 15) is 0 Å². The number of hydrogen-bond donors (Lipinski definition) is 2. The summed E-state index contributed by atoms with van der Waals surface area (Å²) >= 11 is 0. The van der Waals surface area contributed by atoms with Crippen LogP contribution < -0.4 is 10.6 Å². The highest BCUT2D eigenvalue weighted by Gasteiger charge is 2.11. The third-order valence-electron chi connectivity index (χ3n) is 1.65. The van der Waals surface area contributed by atoms with Crippen LogP contribution in [-0.4, -0.2) is 38.0 Å². The summed E-state index contributed by atoms with van der Waals surface area (Å²) in [6.45, 7) is 7.53. The Labute approximate surface area is 73.4 Å². The average molecular weight is 171 g/mol. The fraction of sp³-hybridized carbons (Fsp3) is 0.875. The first-order valence-corrected chi connectivity index (χ1v) is 4.36. The SMILES string of the molecule is CC(C)=NOC[C@H]1CNCCN1. The molecular weight excluding hydrogens is 154 g/mol. The normalized spacial score (nSPS) is 23.3. The van der Waals surface area contributed by atoms with E-state index in [4.69, 9.17) is 4.84 Å². The number of rotatable bonds is 3. The molecule has 0 aromatic carbocycles. The van der Waals surface area contributed by atoms with Gasteiger partial charge in [0.1, 0.15) is 6.61 Å². The van der Waals surface area contributed by atoms with Crippen LogP contribution in [0, 0.1) is 0 Å². The van der Waals surface area contributed by atoms with Gasteiger partial charge in [0.05, 0.1) is 11.8 Å². The van der Waals surface area contributed by atoms with Crippen molar-refractivity contribution >= 4 is 5.71 Å². The van der Waals surface area contributed by atoms with Crippen LogP contribution in [0.4, 0.5) is 0 Å². The summed E-state index contributed by atoms with van der Waals surface area (Å²) in [7, 11) is 0. The third kappa shape index (κ3) is 3.69. The summed E-state index contributed by atoms with van der Waals surface area (Å²) in [4.78, 5) is 5.12. The monoisotopic (exact) mass is 171 g/mol. The lowest BCUT2D eigenvalue weighted by atomic mass is 10.2. The molecule has 0 saturated carbocycles. The highest BCUT2D eigenvalue weighted by molar-refractivity contribution is 5.78. The van der Waals surface area contributed by atoms with Gasteiger partial charge in [0.15, 0.2) is 0 Å². The Balaban J connectivity index is 2.09. The van der Waals surface area contributed by atoms with Crippen LogP contribution in [0.3, 0.4) is 0 Å².